The van der Waals surface area contributed by atoms with E-state index < -0.39 is 5.97 Å². The van der Waals surface area contributed by atoms with Gasteiger partial charge in [-0.2, -0.15) is 0 Å². The quantitative estimate of drug-likeness (QED) is 0.839. The van der Waals surface area contributed by atoms with E-state index >= 15 is 0 Å². The number of aromatic carboxylic acids is 1. The third-order valence-electron chi connectivity index (χ3n) is 3.30. The third kappa shape index (κ3) is 3.01. The first-order valence-corrected chi connectivity index (χ1v) is 6.25. The number of ether oxygens (including phenoxy) is 1. The summed E-state index contributed by atoms with van der Waals surface area (Å²) in [5, 5.41) is 9.11. The van der Waals surface area contributed by atoms with E-state index in [4.69, 9.17) is 9.84 Å². The van der Waals surface area contributed by atoms with E-state index in [1.165, 1.54) is 12.8 Å². The molecule has 0 radical (unpaired) electrons. The maximum Gasteiger partial charge on any atom is 0.339 e. The highest BCUT2D eigenvalue weighted by Gasteiger charge is 2.25. The van der Waals surface area contributed by atoms with Gasteiger partial charge in [0.15, 0.2) is 0 Å². The molecule has 1 aliphatic rings. The van der Waals surface area contributed by atoms with Gasteiger partial charge in [-0.3, -0.25) is 0 Å². The maximum absolute atomic E-state index is 11.1. The van der Waals surface area contributed by atoms with Gasteiger partial charge in [0.2, 0.25) is 0 Å². The zero-order valence-electron chi connectivity index (χ0n) is 10.8. The standard InChI is InChI=1S/C14H19NO3/c1-10-4-3-5-12(14(16)17)13(10)18-9-8-15(2)11-6-7-11/h3-5,11H,6-9H2,1-2H3,(H,16,17). The van der Waals surface area contributed by atoms with E-state index in [0.29, 0.717) is 18.4 Å². The average molecular weight is 249 g/mol. The summed E-state index contributed by atoms with van der Waals surface area (Å²) in [6, 6.07) is 5.88. The van der Waals surface area contributed by atoms with Crippen molar-refractivity contribution >= 4 is 5.97 Å². The molecular formula is C14H19NO3. The number of aryl methyl sites for hydroxylation is 1. The molecule has 0 unspecified atom stereocenters. The minimum absolute atomic E-state index is 0.240. The van der Waals surface area contributed by atoms with Crippen LogP contribution in [0.25, 0.3) is 0 Å². The number of hydrogen-bond donors (Lipinski definition) is 1. The SMILES string of the molecule is Cc1cccc(C(=O)O)c1OCCN(C)C1CC1. The van der Waals surface area contributed by atoms with E-state index in [2.05, 4.69) is 11.9 Å². The number of rotatable bonds is 6. The summed E-state index contributed by atoms with van der Waals surface area (Å²) in [5.41, 5.74) is 1.10. The number of para-hydroxylation sites is 1. The lowest BCUT2D eigenvalue weighted by Gasteiger charge is -2.17. The van der Waals surface area contributed by atoms with Crippen LogP contribution in [-0.4, -0.2) is 42.2 Å². The van der Waals surface area contributed by atoms with Crippen LogP contribution >= 0.6 is 0 Å². The number of nitrogens with zero attached hydrogens (tertiary/aromatic N) is 1. The molecule has 0 atom stereocenters. The van der Waals surface area contributed by atoms with E-state index in [0.717, 1.165) is 12.1 Å². The second-order valence-corrected chi connectivity index (χ2v) is 4.82. The number of likely N-dealkylation sites (N-methyl/N-ethyl adjacent to an activating group) is 1. The lowest BCUT2D eigenvalue weighted by molar-refractivity contribution is 0.0691. The van der Waals surface area contributed by atoms with Gasteiger partial charge in [-0.25, -0.2) is 4.79 Å². The molecule has 4 heteroatoms. The molecule has 0 spiro atoms. The zero-order chi connectivity index (χ0) is 13.1. The van der Waals surface area contributed by atoms with Gasteiger partial charge in [-0.05, 0) is 38.4 Å². The fourth-order valence-corrected chi connectivity index (χ4v) is 2.00. The fourth-order valence-electron chi connectivity index (χ4n) is 2.00. The summed E-state index contributed by atoms with van der Waals surface area (Å²) in [4.78, 5) is 13.4. The minimum atomic E-state index is -0.941. The number of benzene rings is 1. The first-order chi connectivity index (χ1) is 8.59. The average Bonchev–Trinajstić information content (AvgIpc) is 3.14. The van der Waals surface area contributed by atoms with E-state index in [-0.39, 0.29) is 5.56 Å². The van der Waals surface area contributed by atoms with Crippen LogP contribution in [0, 0.1) is 6.92 Å². The lowest BCUT2D eigenvalue weighted by atomic mass is 10.1. The van der Waals surface area contributed by atoms with Crippen molar-refractivity contribution in [2.45, 2.75) is 25.8 Å². The van der Waals surface area contributed by atoms with Crippen LogP contribution in [0.4, 0.5) is 0 Å². The number of carboxylic acid groups (broad SMARTS) is 1. The summed E-state index contributed by atoms with van der Waals surface area (Å²) in [6.07, 6.45) is 2.53. The van der Waals surface area contributed by atoms with Gasteiger partial charge in [0.1, 0.15) is 17.9 Å². The van der Waals surface area contributed by atoms with Crippen LogP contribution in [0.5, 0.6) is 5.75 Å². The lowest BCUT2D eigenvalue weighted by Crippen LogP contribution is -2.26. The Labute approximate surface area is 107 Å². The van der Waals surface area contributed by atoms with Crippen molar-refractivity contribution in [3.8, 4) is 5.75 Å². The van der Waals surface area contributed by atoms with E-state index in [9.17, 15) is 4.79 Å². The summed E-state index contributed by atoms with van der Waals surface area (Å²) >= 11 is 0. The number of carbonyl (C=O) groups is 1. The molecule has 1 aromatic rings. The second kappa shape index (κ2) is 5.40. The Morgan fingerprint density at radius 1 is 1.50 bits per heavy atom. The van der Waals surface area contributed by atoms with Gasteiger partial charge >= 0.3 is 5.97 Å². The number of carboxylic acids is 1. The van der Waals surface area contributed by atoms with Crippen LogP contribution in [0.3, 0.4) is 0 Å². The van der Waals surface area contributed by atoms with E-state index in [1.54, 1.807) is 12.1 Å². The van der Waals surface area contributed by atoms with Crippen LogP contribution < -0.4 is 4.74 Å². The Bertz CT molecular complexity index is 441. The zero-order valence-corrected chi connectivity index (χ0v) is 10.8. The van der Waals surface area contributed by atoms with Gasteiger partial charge in [-0.1, -0.05) is 12.1 Å². The normalized spacial score (nSPS) is 14.8. The smallest absolute Gasteiger partial charge is 0.339 e. The Balaban J connectivity index is 1.97. The molecule has 4 nitrogen and oxygen atoms in total. The Morgan fingerprint density at radius 3 is 2.83 bits per heavy atom. The molecule has 1 aliphatic carbocycles. The molecule has 0 saturated heterocycles. The Kier molecular flexibility index (Phi) is 3.87. The molecule has 0 aromatic heterocycles. The van der Waals surface area contributed by atoms with Crippen molar-refractivity contribution in [1.82, 2.24) is 4.90 Å². The molecular weight excluding hydrogens is 230 g/mol. The maximum atomic E-state index is 11.1. The first kappa shape index (κ1) is 12.9. The molecule has 0 heterocycles. The van der Waals surface area contributed by atoms with Crippen LogP contribution in [0.2, 0.25) is 0 Å². The molecule has 2 rings (SSSR count). The van der Waals surface area contributed by atoms with Gasteiger partial charge in [-0.15, -0.1) is 0 Å². The van der Waals surface area contributed by atoms with Gasteiger partial charge in [0.25, 0.3) is 0 Å². The highest BCUT2D eigenvalue weighted by molar-refractivity contribution is 5.91. The van der Waals surface area contributed by atoms with Crippen molar-refractivity contribution in [3.05, 3.63) is 29.3 Å². The molecule has 98 valence electrons. The topological polar surface area (TPSA) is 49.8 Å². The summed E-state index contributed by atoms with van der Waals surface area (Å²) in [7, 11) is 2.08. The highest BCUT2D eigenvalue weighted by Crippen LogP contribution is 2.26. The van der Waals surface area contributed by atoms with Crippen molar-refractivity contribution in [2.24, 2.45) is 0 Å². The molecule has 18 heavy (non-hydrogen) atoms. The third-order valence-corrected chi connectivity index (χ3v) is 3.30. The van der Waals surface area contributed by atoms with Gasteiger partial charge < -0.3 is 14.7 Å². The monoisotopic (exact) mass is 249 g/mol. The van der Waals surface area contributed by atoms with Crippen molar-refractivity contribution < 1.29 is 14.6 Å². The predicted octanol–water partition coefficient (Wildman–Crippen LogP) is 2.17. The summed E-state index contributed by atoms with van der Waals surface area (Å²) in [5.74, 6) is -0.446. The molecule has 0 amide bonds. The van der Waals surface area contributed by atoms with E-state index in [1.807, 2.05) is 13.0 Å². The molecule has 1 aromatic carbocycles. The van der Waals surface area contributed by atoms with Crippen molar-refractivity contribution in [2.75, 3.05) is 20.2 Å². The highest BCUT2D eigenvalue weighted by atomic mass is 16.5. The molecule has 1 N–H and O–H groups in total. The van der Waals surface area contributed by atoms with Gasteiger partial charge in [0.05, 0.1) is 0 Å². The largest absolute Gasteiger partial charge is 0.491 e. The summed E-state index contributed by atoms with van der Waals surface area (Å²) in [6.45, 7) is 3.22. The second-order valence-electron chi connectivity index (χ2n) is 4.82. The summed E-state index contributed by atoms with van der Waals surface area (Å²) < 4.78 is 5.66. The van der Waals surface area contributed by atoms with Gasteiger partial charge in [0, 0.05) is 12.6 Å². The number of hydrogen-bond acceptors (Lipinski definition) is 3. The van der Waals surface area contributed by atoms with Crippen molar-refractivity contribution in [1.29, 1.82) is 0 Å². The van der Waals surface area contributed by atoms with Crippen LogP contribution in [-0.2, 0) is 0 Å². The molecule has 1 fully saturated rings. The predicted molar refractivity (Wildman–Crippen MR) is 69.3 cm³/mol. The minimum Gasteiger partial charge on any atom is -0.491 e. The van der Waals surface area contributed by atoms with Crippen molar-refractivity contribution in [3.63, 3.8) is 0 Å². The Morgan fingerprint density at radius 2 is 2.22 bits per heavy atom. The molecule has 0 bridgehead atoms. The molecule has 1 saturated carbocycles. The fraction of sp³-hybridized carbons (Fsp3) is 0.500. The Hall–Kier alpha value is -1.55. The molecule has 0 aliphatic heterocycles. The van der Waals surface area contributed by atoms with Crippen LogP contribution in [0.15, 0.2) is 18.2 Å². The first-order valence-electron chi connectivity index (χ1n) is 6.25. The van der Waals surface area contributed by atoms with Crippen LogP contribution in [0.1, 0.15) is 28.8 Å².